The van der Waals surface area contributed by atoms with Gasteiger partial charge in [-0.3, -0.25) is 4.79 Å². The fourth-order valence-corrected chi connectivity index (χ4v) is 4.68. The second-order valence-corrected chi connectivity index (χ2v) is 9.37. The average Bonchev–Trinajstić information content (AvgIpc) is 2.92. The number of rotatable bonds is 9. The molecule has 1 aliphatic rings. The number of carbonyl (C=O) groups excluding carboxylic acids is 1. The molecule has 0 radical (unpaired) electrons. The molecule has 0 unspecified atom stereocenters. The Kier molecular flexibility index (Phi) is 8.67. The van der Waals surface area contributed by atoms with E-state index in [0.717, 1.165) is 73.1 Å². The van der Waals surface area contributed by atoms with Gasteiger partial charge in [0.05, 0.1) is 17.3 Å². The Morgan fingerprint density at radius 1 is 1.06 bits per heavy atom. The van der Waals surface area contributed by atoms with Gasteiger partial charge in [0.1, 0.15) is 5.82 Å². The summed E-state index contributed by atoms with van der Waals surface area (Å²) in [6.45, 7) is 5.66. The fraction of sp³-hybridized carbons (Fsp3) is 0.400. The number of amides is 1. The molecule has 4 rings (SSSR count). The molecule has 186 valence electrons. The SMILES string of the molecule is CCCCc1nc(C)nc(OCC(=O)N2CCCCC2)c1Cc1ccc(-c2ccccc2C#N)cc1. The molecule has 0 spiro atoms. The minimum Gasteiger partial charge on any atom is -0.467 e. The lowest BCUT2D eigenvalue weighted by atomic mass is 9.96. The topological polar surface area (TPSA) is 79.1 Å². The lowest BCUT2D eigenvalue weighted by Crippen LogP contribution is -2.38. The van der Waals surface area contributed by atoms with Crippen LogP contribution in [0.3, 0.4) is 0 Å². The summed E-state index contributed by atoms with van der Waals surface area (Å²) in [6, 6.07) is 18.2. The van der Waals surface area contributed by atoms with Crippen LogP contribution in [-0.2, 0) is 17.6 Å². The normalized spacial score (nSPS) is 13.3. The smallest absolute Gasteiger partial charge is 0.260 e. The third-order valence-electron chi connectivity index (χ3n) is 6.67. The van der Waals surface area contributed by atoms with E-state index >= 15 is 0 Å². The number of nitrogens with zero attached hydrogens (tertiary/aromatic N) is 4. The first-order valence-electron chi connectivity index (χ1n) is 12.9. The maximum Gasteiger partial charge on any atom is 0.260 e. The van der Waals surface area contributed by atoms with Gasteiger partial charge in [0.15, 0.2) is 6.61 Å². The Morgan fingerprint density at radius 2 is 1.81 bits per heavy atom. The summed E-state index contributed by atoms with van der Waals surface area (Å²) < 4.78 is 6.07. The Morgan fingerprint density at radius 3 is 2.53 bits per heavy atom. The van der Waals surface area contributed by atoms with Crippen molar-refractivity contribution in [2.24, 2.45) is 0 Å². The van der Waals surface area contributed by atoms with Crippen LogP contribution in [0.5, 0.6) is 5.88 Å². The highest BCUT2D eigenvalue weighted by Gasteiger charge is 2.20. The highest BCUT2D eigenvalue weighted by atomic mass is 16.5. The zero-order chi connectivity index (χ0) is 25.3. The lowest BCUT2D eigenvalue weighted by Gasteiger charge is -2.26. The van der Waals surface area contributed by atoms with Crippen LogP contribution >= 0.6 is 0 Å². The number of carbonyl (C=O) groups is 1. The molecule has 0 bridgehead atoms. The van der Waals surface area contributed by atoms with Gasteiger partial charge in [-0.05, 0) is 61.8 Å². The van der Waals surface area contributed by atoms with Crippen LogP contribution < -0.4 is 4.74 Å². The van der Waals surface area contributed by atoms with Crippen LogP contribution in [0.1, 0.15) is 67.2 Å². The summed E-state index contributed by atoms with van der Waals surface area (Å²) in [4.78, 5) is 24.0. The minimum absolute atomic E-state index is 0.000548. The summed E-state index contributed by atoms with van der Waals surface area (Å²) in [7, 11) is 0. The predicted octanol–water partition coefficient (Wildman–Crippen LogP) is 5.65. The van der Waals surface area contributed by atoms with Crippen molar-refractivity contribution in [2.45, 2.75) is 58.8 Å². The van der Waals surface area contributed by atoms with Crippen LogP contribution in [0.2, 0.25) is 0 Å². The molecule has 0 aliphatic carbocycles. The predicted molar refractivity (Wildman–Crippen MR) is 141 cm³/mol. The first-order chi connectivity index (χ1) is 17.6. The maximum atomic E-state index is 12.7. The number of piperidine rings is 1. The quantitative estimate of drug-likeness (QED) is 0.394. The molecule has 1 saturated heterocycles. The summed E-state index contributed by atoms with van der Waals surface area (Å²) in [5.74, 6) is 1.19. The molecule has 3 aromatic rings. The van der Waals surface area contributed by atoms with Crippen molar-refractivity contribution in [1.29, 1.82) is 5.26 Å². The van der Waals surface area contributed by atoms with E-state index in [-0.39, 0.29) is 12.5 Å². The average molecular weight is 483 g/mol. The minimum atomic E-state index is 0.000548. The highest BCUT2D eigenvalue weighted by Crippen LogP contribution is 2.27. The second kappa shape index (κ2) is 12.3. The van der Waals surface area contributed by atoms with Gasteiger partial charge in [-0.1, -0.05) is 55.8 Å². The van der Waals surface area contributed by atoms with Crippen LogP contribution in [-0.4, -0.2) is 40.5 Å². The Hall–Kier alpha value is -3.72. The van der Waals surface area contributed by atoms with E-state index in [9.17, 15) is 10.1 Å². The van der Waals surface area contributed by atoms with Gasteiger partial charge in [0.25, 0.3) is 5.91 Å². The highest BCUT2D eigenvalue weighted by molar-refractivity contribution is 5.77. The zero-order valence-corrected chi connectivity index (χ0v) is 21.3. The standard InChI is InChI=1S/C30H34N4O2/c1-3-4-12-28-27(19-23-13-15-24(16-14-23)26-11-7-6-10-25(26)20-31)30(33-22(2)32-28)36-21-29(35)34-17-8-5-9-18-34/h6-7,10-11,13-16H,3-5,8-9,12,17-19,21H2,1-2H3. The van der Waals surface area contributed by atoms with Gasteiger partial charge >= 0.3 is 0 Å². The van der Waals surface area contributed by atoms with Crippen molar-refractivity contribution in [3.05, 3.63) is 76.7 Å². The first kappa shape index (κ1) is 25.4. The van der Waals surface area contributed by atoms with Gasteiger partial charge in [-0.15, -0.1) is 0 Å². The number of unbranched alkanes of at least 4 members (excludes halogenated alkanes) is 1. The van der Waals surface area contributed by atoms with Crippen LogP contribution in [0.4, 0.5) is 0 Å². The molecule has 36 heavy (non-hydrogen) atoms. The van der Waals surface area contributed by atoms with E-state index in [1.165, 1.54) is 6.42 Å². The number of hydrogen-bond acceptors (Lipinski definition) is 5. The third kappa shape index (κ3) is 6.28. The number of benzene rings is 2. The van der Waals surface area contributed by atoms with Crippen LogP contribution in [0.15, 0.2) is 48.5 Å². The molecular formula is C30H34N4O2. The van der Waals surface area contributed by atoms with Gasteiger partial charge in [0.2, 0.25) is 5.88 Å². The van der Waals surface area contributed by atoms with E-state index < -0.39 is 0 Å². The van der Waals surface area contributed by atoms with Crippen molar-refractivity contribution in [3.63, 3.8) is 0 Å². The van der Waals surface area contributed by atoms with Crippen molar-refractivity contribution in [1.82, 2.24) is 14.9 Å². The summed E-state index contributed by atoms with van der Waals surface area (Å²) in [5.41, 5.74) is 5.63. The van der Waals surface area contributed by atoms with Crippen molar-refractivity contribution >= 4 is 5.91 Å². The Bertz CT molecular complexity index is 1220. The van der Waals surface area contributed by atoms with Gasteiger partial charge in [-0.2, -0.15) is 10.2 Å². The summed E-state index contributed by atoms with van der Waals surface area (Å²) >= 11 is 0. The number of nitriles is 1. The molecular weight excluding hydrogens is 448 g/mol. The third-order valence-corrected chi connectivity index (χ3v) is 6.67. The Balaban J connectivity index is 1.58. The molecule has 0 saturated carbocycles. The molecule has 1 aliphatic heterocycles. The molecule has 1 amide bonds. The zero-order valence-electron chi connectivity index (χ0n) is 21.3. The molecule has 0 atom stereocenters. The van der Waals surface area contributed by atoms with Crippen molar-refractivity contribution in [3.8, 4) is 23.1 Å². The number of hydrogen-bond donors (Lipinski definition) is 0. The van der Waals surface area contributed by atoms with Gasteiger partial charge in [0, 0.05) is 25.1 Å². The van der Waals surface area contributed by atoms with Gasteiger partial charge < -0.3 is 9.64 Å². The fourth-order valence-electron chi connectivity index (χ4n) is 4.68. The molecule has 1 aromatic heterocycles. The monoisotopic (exact) mass is 482 g/mol. The number of ether oxygens (including phenoxy) is 1. The van der Waals surface area contributed by atoms with Gasteiger partial charge in [-0.25, -0.2) is 4.98 Å². The van der Waals surface area contributed by atoms with E-state index in [0.29, 0.717) is 23.7 Å². The molecule has 1 fully saturated rings. The summed E-state index contributed by atoms with van der Waals surface area (Å²) in [6.07, 6.45) is 6.85. The van der Waals surface area contributed by atoms with Crippen molar-refractivity contribution in [2.75, 3.05) is 19.7 Å². The summed E-state index contributed by atoms with van der Waals surface area (Å²) in [5, 5.41) is 9.45. The Labute approximate surface area is 214 Å². The lowest BCUT2D eigenvalue weighted by molar-refractivity contribution is -0.134. The van der Waals surface area contributed by atoms with Crippen molar-refractivity contribution < 1.29 is 9.53 Å². The number of aromatic nitrogens is 2. The number of likely N-dealkylation sites (tertiary alicyclic amines) is 1. The van der Waals surface area contributed by atoms with Crippen LogP contribution in [0.25, 0.3) is 11.1 Å². The maximum absolute atomic E-state index is 12.7. The van der Waals surface area contributed by atoms with E-state index in [1.807, 2.05) is 48.2 Å². The largest absolute Gasteiger partial charge is 0.467 e. The molecule has 6 heteroatoms. The molecule has 2 heterocycles. The second-order valence-electron chi connectivity index (χ2n) is 9.37. The van der Waals surface area contributed by atoms with E-state index in [1.54, 1.807) is 0 Å². The number of aryl methyl sites for hydroxylation is 2. The van der Waals surface area contributed by atoms with E-state index in [4.69, 9.17) is 9.72 Å². The molecule has 6 nitrogen and oxygen atoms in total. The first-order valence-corrected chi connectivity index (χ1v) is 12.9. The molecule has 0 N–H and O–H groups in total. The molecule has 2 aromatic carbocycles. The van der Waals surface area contributed by atoms with E-state index in [2.05, 4.69) is 30.1 Å². The van der Waals surface area contributed by atoms with Crippen LogP contribution in [0, 0.1) is 18.3 Å².